The van der Waals surface area contributed by atoms with E-state index in [0.29, 0.717) is 18.6 Å². The van der Waals surface area contributed by atoms with Gasteiger partial charge in [0, 0.05) is 25.2 Å². The molecule has 0 saturated carbocycles. The van der Waals surface area contributed by atoms with Crippen LogP contribution in [0.4, 0.5) is 0 Å². The number of nitriles is 1. The summed E-state index contributed by atoms with van der Waals surface area (Å²) in [5, 5.41) is 12.4. The van der Waals surface area contributed by atoms with Gasteiger partial charge in [0.25, 0.3) is 0 Å². The first-order valence-electron chi connectivity index (χ1n) is 10.1. The number of carbonyl (C=O) groups excluding carboxylic acids is 1. The molecule has 2 rings (SSSR count). The molecule has 0 spiro atoms. The van der Waals surface area contributed by atoms with E-state index in [4.69, 9.17) is 0 Å². The SMILES string of the molecule is CCN(CC(=O)NC(C)(C#N)C(C)C)C1CCN(C(C)c2ccccc2)C1. The van der Waals surface area contributed by atoms with Crippen LogP contribution in [-0.4, -0.2) is 53.5 Å². The molecule has 1 saturated heterocycles. The highest BCUT2D eigenvalue weighted by Crippen LogP contribution is 2.26. The van der Waals surface area contributed by atoms with Crippen molar-refractivity contribution in [3.8, 4) is 6.07 Å². The Morgan fingerprint density at radius 1 is 1.37 bits per heavy atom. The Balaban J connectivity index is 1.94. The highest BCUT2D eigenvalue weighted by molar-refractivity contribution is 5.79. The first-order valence-corrected chi connectivity index (χ1v) is 10.1. The maximum absolute atomic E-state index is 12.6. The molecule has 1 aliphatic heterocycles. The van der Waals surface area contributed by atoms with E-state index in [1.807, 2.05) is 19.9 Å². The van der Waals surface area contributed by atoms with Gasteiger partial charge in [0.15, 0.2) is 0 Å². The number of rotatable bonds is 8. The molecule has 3 atom stereocenters. The molecule has 1 aliphatic rings. The second-order valence-electron chi connectivity index (χ2n) is 8.10. The van der Waals surface area contributed by atoms with Crippen molar-refractivity contribution in [2.75, 3.05) is 26.2 Å². The topological polar surface area (TPSA) is 59.4 Å². The molecule has 5 heteroatoms. The Kier molecular flexibility index (Phi) is 7.41. The molecule has 27 heavy (non-hydrogen) atoms. The number of nitrogens with zero attached hydrogens (tertiary/aromatic N) is 3. The number of nitrogens with one attached hydrogen (secondary N) is 1. The Hall–Kier alpha value is -1.90. The van der Waals surface area contributed by atoms with Crippen molar-refractivity contribution in [3.63, 3.8) is 0 Å². The van der Waals surface area contributed by atoms with E-state index in [1.165, 1.54) is 5.56 Å². The molecular formula is C22H34N4O. The van der Waals surface area contributed by atoms with E-state index in [0.717, 1.165) is 26.1 Å². The first kappa shape index (κ1) is 21.4. The van der Waals surface area contributed by atoms with Crippen molar-refractivity contribution in [2.45, 2.75) is 58.7 Å². The summed E-state index contributed by atoms with van der Waals surface area (Å²) in [5.74, 6) is -0.000575. The standard InChI is InChI=1S/C22H34N4O/c1-6-25(15-21(27)24-22(5,16-23)17(2)3)20-12-13-26(14-20)18(4)19-10-8-7-9-11-19/h7-11,17-18,20H,6,12-15H2,1-5H3,(H,24,27). The van der Waals surface area contributed by atoms with Gasteiger partial charge in [-0.3, -0.25) is 14.6 Å². The summed E-state index contributed by atoms with van der Waals surface area (Å²) in [6.07, 6.45) is 1.07. The lowest BCUT2D eigenvalue weighted by Gasteiger charge is -2.32. The van der Waals surface area contributed by atoms with Crippen molar-refractivity contribution in [2.24, 2.45) is 5.92 Å². The van der Waals surface area contributed by atoms with Crippen LogP contribution in [0.2, 0.25) is 0 Å². The number of hydrogen-bond acceptors (Lipinski definition) is 4. The normalized spacial score (nSPS) is 21.0. The van der Waals surface area contributed by atoms with Crippen molar-refractivity contribution in [3.05, 3.63) is 35.9 Å². The van der Waals surface area contributed by atoms with Gasteiger partial charge in [-0.1, -0.05) is 51.1 Å². The molecule has 0 radical (unpaired) electrons. The summed E-state index contributed by atoms with van der Waals surface area (Å²) in [5.41, 5.74) is 0.515. The first-order chi connectivity index (χ1) is 12.8. The fourth-order valence-corrected chi connectivity index (χ4v) is 3.67. The molecule has 1 aromatic rings. The molecule has 148 valence electrons. The van der Waals surface area contributed by atoms with Crippen LogP contribution in [0.3, 0.4) is 0 Å². The van der Waals surface area contributed by atoms with Crippen molar-refractivity contribution in [1.29, 1.82) is 5.26 Å². The molecule has 3 unspecified atom stereocenters. The minimum Gasteiger partial charge on any atom is -0.337 e. The highest BCUT2D eigenvalue weighted by atomic mass is 16.2. The van der Waals surface area contributed by atoms with Gasteiger partial charge in [-0.2, -0.15) is 5.26 Å². The minimum absolute atomic E-state index is 0.0650. The zero-order chi connectivity index (χ0) is 20.0. The largest absolute Gasteiger partial charge is 0.337 e. The summed E-state index contributed by atoms with van der Waals surface area (Å²) < 4.78 is 0. The number of benzene rings is 1. The van der Waals surface area contributed by atoms with Crippen LogP contribution in [0, 0.1) is 17.2 Å². The summed E-state index contributed by atoms with van der Waals surface area (Å²) in [7, 11) is 0. The lowest BCUT2D eigenvalue weighted by atomic mass is 9.90. The number of likely N-dealkylation sites (tertiary alicyclic amines) is 1. The van der Waals surface area contributed by atoms with Crippen LogP contribution in [0.15, 0.2) is 30.3 Å². The maximum atomic E-state index is 12.6. The zero-order valence-electron chi connectivity index (χ0n) is 17.4. The Bertz CT molecular complexity index is 654. The minimum atomic E-state index is -0.819. The van der Waals surface area contributed by atoms with Gasteiger partial charge in [0.1, 0.15) is 5.54 Å². The van der Waals surface area contributed by atoms with Gasteiger partial charge in [-0.15, -0.1) is 0 Å². The van der Waals surface area contributed by atoms with E-state index in [-0.39, 0.29) is 11.8 Å². The van der Waals surface area contributed by atoms with Gasteiger partial charge in [0.2, 0.25) is 5.91 Å². The predicted octanol–water partition coefficient (Wildman–Crippen LogP) is 3.20. The summed E-state index contributed by atoms with van der Waals surface area (Å²) in [4.78, 5) is 17.3. The highest BCUT2D eigenvalue weighted by Gasteiger charge is 2.33. The molecule has 0 bridgehead atoms. The maximum Gasteiger partial charge on any atom is 0.235 e. The van der Waals surface area contributed by atoms with Gasteiger partial charge in [0.05, 0.1) is 12.6 Å². The monoisotopic (exact) mass is 370 g/mol. The number of carbonyl (C=O) groups is 1. The molecule has 1 fully saturated rings. The van der Waals surface area contributed by atoms with Crippen LogP contribution in [0.1, 0.15) is 52.6 Å². The van der Waals surface area contributed by atoms with Gasteiger partial charge >= 0.3 is 0 Å². The van der Waals surface area contributed by atoms with Crippen molar-refractivity contribution in [1.82, 2.24) is 15.1 Å². The molecule has 1 amide bonds. The zero-order valence-corrected chi connectivity index (χ0v) is 17.4. The van der Waals surface area contributed by atoms with Gasteiger partial charge < -0.3 is 5.32 Å². The van der Waals surface area contributed by atoms with Crippen LogP contribution in [0.25, 0.3) is 0 Å². The molecule has 1 N–H and O–H groups in total. The fourth-order valence-electron chi connectivity index (χ4n) is 3.67. The van der Waals surface area contributed by atoms with Crippen LogP contribution in [-0.2, 0) is 4.79 Å². The lowest BCUT2D eigenvalue weighted by Crippen LogP contribution is -2.53. The van der Waals surface area contributed by atoms with E-state index >= 15 is 0 Å². The van der Waals surface area contributed by atoms with Crippen molar-refractivity contribution >= 4 is 5.91 Å². The molecular weight excluding hydrogens is 336 g/mol. The molecule has 5 nitrogen and oxygen atoms in total. The summed E-state index contributed by atoms with van der Waals surface area (Å²) >= 11 is 0. The third-order valence-electron chi connectivity index (χ3n) is 6.08. The molecule has 0 aromatic heterocycles. The van der Waals surface area contributed by atoms with E-state index in [9.17, 15) is 10.1 Å². The quantitative estimate of drug-likeness (QED) is 0.763. The molecule has 1 heterocycles. The van der Waals surface area contributed by atoms with Crippen LogP contribution in [0.5, 0.6) is 0 Å². The fraction of sp³-hybridized carbons (Fsp3) is 0.636. The Morgan fingerprint density at radius 2 is 2.04 bits per heavy atom. The average molecular weight is 371 g/mol. The van der Waals surface area contributed by atoms with Crippen LogP contribution >= 0.6 is 0 Å². The van der Waals surface area contributed by atoms with Crippen molar-refractivity contribution < 1.29 is 4.79 Å². The third-order valence-corrected chi connectivity index (χ3v) is 6.08. The smallest absolute Gasteiger partial charge is 0.235 e. The van der Waals surface area contributed by atoms with E-state index < -0.39 is 5.54 Å². The molecule has 0 aliphatic carbocycles. The predicted molar refractivity (Wildman–Crippen MR) is 109 cm³/mol. The summed E-state index contributed by atoms with van der Waals surface area (Å²) in [6.45, 7) is 13.3. The van der Waals surface area contributed by atoms with E-state index in [1.54, 1.807) is 6.92 Å². The van der Waals surface area contributed by atoms with Gasteiger partial charge in [-0.05, 0) is 38.3 Å². The average Bonchev–Trinajstić information content (AvgIpc) is 3.15. The van der Waals surface area contributed by atoms with E-state index in [2.05, 4.69) is 59.3 Å². The van der Waals surface area contributed by atoms with Crippen LogP contribution < -0.4 is 5.32 Å². The lowest BCUT2D eigenvalue weighted by molar-refractivity contribution is -0.124. The number of hydrogen-bond donors (Lipinski definition) is 1. The number of likely N-dealkylation sites (N-methyl/N-ethyl adjacent to an activating group) is 1. The second-order valence-corrected chi connectivity index (χ2v) is 8.10. The third kappa shape index (κ3) is 5.31. The molecule has 1 aromatic carbocycles. The Labute approximate surface area is 164 Å². The number of amides is 1. The van der Waals surface area contributed by atoms with Gasteiger partial charge in [-0.25, -0.2) is 0 Å². The Morgan fingerprint density at radius 3 is 2.59 bits per heavy atom. The second kappa shape index (κ2) is 9.34. The summed E-state index contributed by atoms with van der Waals surface area (Å²) in [6, 6.07) is 13.6.